The fraction of sp³-hybridized carbons (Fsp3) is 0.625. The summed E-state index contributed by atoms with van der Waals surface area (Å²) >= 11 is 0. The molecule has 0 bridgehead atoms. The van der Waals surface area contributed by atoms with Crippen molar-refractivity contribution in [3.8, 4) is 11.5 Å². The Kier molecular flexibility index (Phi) is 8.83. The molecule has 0 atom stereocenters. The van der Waals surface area contributed by atoms with Gasteiger partial charge in [-0.3, -0.25) is 4.90 Å². The van der Waals surface area contributed by atoms with Crippen LogP contribution in [-0.4, -0.2) is 44.3 Å². The maximum Gasteiger partial charge on any atom is 0.161 e. The average molecular weight is 280 g/mol. The standard InChI is InChI=1S/C16H28N2O2/c1-3-11-18(12-7-10-17)13-14-20-16-9-6-5-8-15(16)19-4-2/h5-6,8-9H,3-4,7,10-14,17H2,1-2H3. The summed E-state index contributed by atoms with van der Waals surface area (Å²) in [7, 11) is 0. The van der Waals surface area contributed by atoms with Gasteiger partial charge in [0.15, 0.2) is 11.5 Å². The Balaban J connectivity index is 2.41. The van der Waals surface area contributed by atoms with Crippen LogP contribution in [0.1, 0.15) is 26.7 Å². The first-order valence-electron chi connectivity index (χ1n) is 7.58. The molecule has 1 rings (SSSR count). The van der Waals surface area contributed by atoms with Crippen LogP contribution in [0.3, 0.4) is 0 Å². The summed E-state index contributed by atoms with van der Waals surface area (Å²) in [5, 5.41) is 0. The van der Waals surface area contributed by atoms with Gasteiger partial charge in [-0.2, -0.15) is 0 Å². The van der Waals surface area contributed by atoms with Gasteiger partial charge in [0.2, 0.25) is 0 Å². The van der Waals surface area contributed by atoms with E-state index in [4.69, 9.17) is 15.2 Å². The third-order valence-electron chi connectivity index (χ3n) is 3.03. The van der Waals surface area contributed by atoms with Gasteiger partial charge in [0, 0.05) is 6.54 Å². The van der Waals surface area contributed by atoms with Gasteiger partial charge in [0.05, 0.1) is 6.61 Å². The van der Waals surface area contributed by atoms with Crippen LogP contribution in [0.4, 0.5) is 0 Å². The minimum absolute atomic E-state index is 0.652. The van der Waals surface area contributed by atoms with Crippen LogP contribution >= 0.6 is 0 Å². The molecule has 0 radical (unpaired) electrons. The highest BCUT2D eigenvalue weighted by Gasteiger charge is 2.06. The van der Waals surface area contributed by atoms with E-state index in [1.165, 1.54) is 0 Å². The highest BCUT2D eigenvalue weighted by molar-refractivity contribution is 5.39. The van der Waals surface area contributed by atoms with Crippen LogP contribution in [0.25, 0.3) is 0 Å². The van der Waals surface area contributed by atoms with Crippen molar-refractivity contribution in [3.63, 3.8) is 0 Å². The van der Waals surface area contributed by atoms with Crippen LogP contribution < -0.4 is 15.2 Å². The Morgan fingerprint density at radius 3 is 2.30 bits per heavy atom. The van der Waals surface area contributed by atoms with Crippen LogP contribution in [0.15, 0.2) is 24.3 Å². The number of hydrogen-bond acceptors (Lipinski definition) is 4. The van der Waals surface area contributed by atoms with Gasteiger partial charge in [-0.15, -0.1) is 0 Å². The van der Waals surface area contributed by atoms with Crippen molar-refractivity contribution < 1.29 is 9.47 Å². The zero-order chi connectivity index (χ0) is 14.6. The molecule has 114 valence electrons. The third kappa shape index (κ3) is 6.26. The van der Waals surface area contributed by atoms with Gasteiger partial charge in [0.1, 0.15) is 6.61 Å². The monoisotopic (exact) mass is 280 g/mol. The Hall–Kier alpha value is -1.26. The van der Waals surface area contributed by atoms with Crippen LogP contribution in [0, 0.1) is 0 Å². The molecule has 0 amide bonds. The largest absolute Gasteiger partial charge is 0.490 e. The van der Waals surface area contributed by atoms with E-state index in [2.05, 4.69) is 11.8 Å². The van der Waals surface area contributed by atoms with E-state index in [-0.39, 0.29) is 0 Å². The minimum Gasteiger partial charge on any atom is -0.490 e. The lowest BCUT2D eigenvalue weighted by atomic mass is 10.3. The van der Waals surface area contributed by atoms with Crippen molar-refractivity contribution in [1.82, 2.24) is 4.90 Å². The number of ether oxygens (including phenoxy) is 2. The summed E-state index contributed by atoms with van der Waals surface area (Å²) in [6.45, 7) is 9.31. The number of nitrogens with two attached hydrogens (primary N) is 1. The molecule has 4 nitrogen and oxygen atoms in total. The quantitative estimate of drug-likeness (QED) is 0.676. The second-order valence-corrected chi connectivity index (χ2v) is 4.71. The number of rotatable bonds is 11. The predicted octanol–water partition coefficient (Wildman–Crippen LogP) is 2.52. The summed E-state index contributed by atoms with van der Waals surface area (Å²) in [6, 6.07) is 7.82. The van der Waals surface area contributed by atoms with Crippen molar-refractivity contribution in [1.29, 1.82) is 0 Å². The maximum atomic E-state index is 5.85. The number of benzene rings is 1. The molecule has 0 unspecified atom stereocenters. The molecule has 0 aromatic heterocycles. The second-order valence-electron chi connectivity index (χ2n) is 4.71. The highest BCUT2D eigenvalue weighted by Crippen LogP contribution is 2.26. The van der Waals surface area contributed by atoms with Crippen LogP contribution in [0.5, 0.6) is 11.5 Å². The second kappa shape index (κ2) is 10.5. The third-order valence-corrected chi connectivity index (χ3v) is 3.03. The van der Waals surface area contributed by atoms with Crippen molar-refractivity contribution in [2.24, 2.45) is 5.73 Å². The molecule has 1 aromatic rings. The smallest absolute Gasteiger partial charge is 0.161 e. The average Bonchev–Trinajstić information content (AvgIpc) is 2.47. The van der Waals surface area contributed by atoms with E-state index < -0.39 is 0 Å². The molecule has 0 aliphatic carbocycles. The Morgan fingerprint density at radius 1 is 1.00 bits per heavy atom. The van der Waals surface area contributed by atoms with Gasteiger partial charge in [0.25, 0.3) is 0 Å². The SMILES string of the molecule is CCCN(CCCN)CCOc1ccccc1OCC. The zero-order valence-electron chi connectivity index (χ0n) is 12.8. The Morgan fingerprint density at radius 2 is 1.70 bits per heavy atom. The fourth-order valence-corrected chi connectivity index (χ4v) is 2.10. The molecule has 2 N–H and O–H groups in total. The Bertz CT molecular complexity index is 358. The first-order valence-corrected chi connectivity index (χ1v) is 7.58. The molecule has 0 heterocycles. The highest BCUT2D eigenvalue weighted by atomic mass is 16.5. The summed E-state index contributed by atoms with van der Waals surface area (Å²) in [5.41, 5.74) is 5.57. The van der Waals surface area contributed by atoms with E-state index >= 15 is 0 Å². The predicted molar refractivity (Wildman–Crippen MR) is 83.5 cm³/mol. The van der Waals surface area contributed by atoms with Gasteiger partial charge in [-0.1, -0.05) is 19.1 Å². The van der Waals surface area contributed by atoms with Crippen LogP contribution in [0.2, 0.25) is 0 Å². The molecule has 0 fully saturated rings. The molecule has 0 spiro atoms. The van der Waals surface area contributed by atoms with E-state index in [9.17, 15) is 0 Å². The summed E-state index contributed by atoms with van der Waals surface area (Å²) < 4.78 is 11.4. The summed E-state index contributed by atoms with van der Waals surface area (Å²) in [4.78, 5) is 2.40. The van der Waals surface area contributed by atoms with E-state index in [1.807, 2.05) is 31.2 Å². The lowest BCUT2D eigenvalue weighted by Crippen LogP contribution is -2.31. The first-order chi connectivity index (χ1) is 9.81. The lowest BCUT2D eigenvalue weighted by Gasteiger charge is -2.21. The molecular weight excluding hydrogens is 252 g/mol. The van der Waals surface area contributed by atoms with Crippen LogP contribution in [-0.2, 0) is 0 Å². The minimum atomic E-state index is 0.652. The number of hydrogen-bond donors (Lipinski definition) is 1. The fourth-order valence-electron chi connectivity index (χ4n) is 2.10. The maximum absolute atomic E-state index is 5.85. The topological polar surface area (TPSA) is 47.7 Å². The summed E-state index contributed by atoms with van der Waals surface area (Å²) in [6.07, 6.45) is 2.19. The molecule has 1 aromatic carbocycles. The number of para-hydroxylation sites is 2. The lowest BCUT2D eigenvalue weighted by molar-refractivity contribution is 0.201. The van der Waals surface area contributed by atoms with Gasteiger partial charge >= 0.3 is 0 Å². The van der Waals surface area contributed by atoms with Crippen molar-refractivity contribution in [2.45, 2.75) is 26.7 Å². The van der Waals surface area contributed by atoms with Gasteiger partial charge in [-0.05, 0) is 51.5 Å². The Labute approximate surface area is 122 Å². The normalized spacial score (nSPS) is 10.8. The molecule has 4 heteroatoms. The molecule has 20 heavy (non-hydrogen) atoms. The first kappa shape index (κ1) is 16.8. The zero-order valence-corrected chi connectivity index (χ0v) is 12.8. The van der Waals surface area contributed by atoms with E-state index in [0.29, 0.717) is 13.2 Å². The molecular formula is C16H28N2O2. The summed E-state index contributed by atoms with van der Waals surface area (Å²) in [5.74, 6) is 1.64. The van der Waals surface area contributed by atoms with E-state index in [1.54, 1.807) is 0 Å². The van der Waals surface area contributed by atoms with Gasteiger partial charge in [-0.25, -0.2) is 0 Å². The molecule has 0 aliphatic heterocycles. The van der Waals surface area contributed by atoms with Gasteiger partial charge < -0.3 is 15.2 Å². The molecule has 0 saturated carbocycles. The van der Waals surface area contributed by atoms with Crippen molar-refractivity contribution in [2.75, 3.05) is 39.4 Å². The van der Waals surface area contributed by atoms with Crippen molar-refractivity contribution >= 4 is 0 Å². The number of nitrogens with zero attached hydrogens (tertiary/aromatic N) is 1. The molecule has 0 saturated heterocycles. The van der Waals surface area contributed by atoms with E-state index in [0.717, 1.165) is 50.5 Å². The van der Waals surface area contributed by atoms with Crippen molar-refractivity contribution in [3.05, 3.63) is 24.3 Å². The molecule has 0 aliphatic rings.